The number of halogens is 1. The average molecular weight is 427 g/mol. The van der Waals surface area contributed by atoms with Crippen LogP contribution in [0.2, 0.25) is 5.02 Å². The van der Waals surface area contributed by atoms with Gasteiger partial charge in [-0.3, -0.25) is 14.0 Å². The first-order chi connectivity index (χ1) is 14.4. The van der Waals surface area contributed by atoms with E-state index in [2.05, 4.69) is 10.4 Å². The van der Waals surface area contributed by atoms with Crippen LogP contribution in [0.1, 0.15) is 43.5 Å². The third-order valence-electron chi connectivity index (χ3n) is 5.20. The van der Waals surface area contributed by atoms with E-state index in [1.165, 1.54) is 4.68 Å². The monoisotopic (exact) mass is 426 g/mol. The number of amides is 1. The van der Waals surface area contributed by atoms with Gasteiger partial charge in [0.15, 0.2) is 5.58 Å². The number of nitrogens with zero attached hydrogens (tertiary/aromatic N) is 3. The SMILES string of the molecule is CCc1nn([C@H](CC)C(=O)NCc2ccc(Cl)cc2)c(=O)c2cc3oc(C)cc3n12. The number of fused-ring (bicyclic) bond motifs is 3. The molecular formula is C22H23ClN4O3. The van der Waals surface area contributed by atoms with E-state index >= 15 is 0 Å². The van der Waals surface area contributed by atoms with Crippen molar-refractivity contribution in [3.63, 3.8) is 0 Å². The number of carbonyl (C=O) groups excluding carboxylic acids is 1. The van der Waals surface area contributed by atoms with Crippen molar-refractivity contribution in [3.05, 3.63) is 68.9 Å². The first kappa shape index (κ1) is 20.2. The van der Waals surface area contributed by atoms with Gasteiger partial charge >= 0.3 is 0 Å². The molecule has 1 aromatic carbocycles. The van der Waals surface area contributed by atoms with Crippen LogP contribution in [0.4, 0.5) is 0 Å². The Morgan fingerprint density at radius 1 is 1.20 bits per heavy atom. The van der Waals surface area contributed by atoms with Gasteiger partial charge in [0.2, 0.25) is 5.91 Å². The van der Waals surface area contributed by atoms with Gasteiger partial charge in [-0.2, -0.15) is 5.10 Å². The van der Waals surface area contributed by atoms with Gasteiger partial charge in [0.25, 0.3) is 5.56 Å². The molecule has 3 heterocycles. The van der Waals surface area contributed by atoms with Crippen LogP contribution in [0.15, 0.2) is 45.6 Å². The number of aryl methyl sites for hydroxylation is 2. The molecule has 0 aliphatic carbocycles. The zero-order chi connectivity index (χ0) is 21.4. The lowest BCUT2D eigenvalue weighted by Crippen LogP contribution is -2.39. The highest BCUT2D eigenvalue weighted by Gasteiger charge is 2.24. The van der Waals surface area contributed by atoms with Crippen molar-refractivity contribution in [3.8, 4) is 0 Å². The van der Waals surface area contributed by atoms with Gasteiger partial charge in [0.05, 0.1) is 5.52 Å². The lowest BCUT2D eigenvalue weighted by molar-refractivity contribution is -0.125. The average Bonchev–Trinajstić information content (AvgIpc) is 3.26. The molecule has 8 heteroatoms. The number of nitrogens with one attached hydrogen (secondary N) is 1. The summed E-state index contributed by atoms with van der Waals surface area (Å²) in [5.74, 6) is 1.22. The summed E-state index contributed by atoms with van der Waals surface area (Å²) in [6.45, 7) is 6.05. The van der Waals surface area contributed by atoms with Crippen LogP contribution in [0.25, 0.3) is 16.6 Å². The minimum atomic E-state index is -0.706. The summed E-state index contributed by atoms with van der Waals surface area (Å²) in [6, 6.07) is 10.2. The normalized spacial score (nSPS) is 12.5. The second kappa shape index (κ2) is 7.99. The van der Waals surface area contributed by atoms with Crippen LogP contribution < -0.4 is 10.9 Å². The van der Waals surface area contributed by atoms with Gasteiger partial charge in [-0.15, -0.1) is 0 Å². The first-order valence-electron chi connectivity index (χ1n) is 9.98. The highest BCUT2D eigenvalue weighted by molar-refractivity contribution is 6.30. The highest BCUT2D eigenvalue weighted by atomic mass is 35.5. The van der Waals surface area contributed by atoms with Gasteiger partial charge in [-0.05, 0) is 31.0 Å². The van der Waals surface area contributed by atoms with Crippen molar-refractivity contribution in [1.82, 2.24) is 19.5 Å². The van der Waals surface area contributed by atoms with Crippen LogP contribution in [0.5, 0.6) is 0 Å². The Morgan fingerprint density at radius 3 is 2.60 bits per heavy atom. The topological polar surface area (TPSA) is 81.5 Å². The van der Waals surface area contributed by atoms with Crippen LogP contribution in [0, 0.1) is 6.92 Å². The summed E-state index contributed by atoms with van der Waals surface area (Å²) in [4.78, 5) is 26.1. The minimum absolute atomic E-state index is 0.250. The lowest BCUT2D eigenvalue weighted by Gasteiger charge is -2.18. The molecule has 0 saturated heterocycles. The van der Waals surface area contributed by atoms with E-state index in [4.69, 9.17) is 16.0 Å². The van der Waals surface area contributed by atoms with Crippen LogP contribution in [-0.4, -0.2) is 20.1 Å². The molecule has 0 spiro atoms. The lowest BCUT2D eigenvalue weighted by atomic mass is 10.2. The fourth-order valence-electron chi connectivity index (χ4n) is 3.70. The molecule has 0 aliphatic heterocycles. The highest BCUT2D eigenvalue weighted by Crippen LogP contribution is 2.24. The molecular weight excluding hydrogens is 404 g/mol. The first-order valence-corrected chi connectivity index (χ1v) is 10.4. The van der Waals surface area contributed by atoms with E-state index in [1.807, 2.05) is 43.4 Å². The molecule has 0 aliphatic rings. The molecule has 0 bridgehead atoms. The zero-order valence-electron chi connectivity index (χ0n) is 17.1. The number of furan rings is 1. The Labute approximate surface area is 178 Å². The second-order valence-electron chi connectivity index (χ2n) is 7.26. The quantitative estimate of drug-likeness (QED) is 0.504. The van der Waals surface area contributed by atoms with Crippen molar-refractivity contribution in [2.75, 3.05) is 0 Å². The summed E-state index contributed by atoms with van der Waals surface area (Å²) in [7, 11) is 0. The molecule has 4 rings (SSSR count). The smallest absolute Gasteiger partial charge is 0.291 e. The van der Waals surface area contributed by atoms with Crippen LogP contribution >= 0.6 is 11.6 Å². The van der Waals surface area contributed by atoms with Crippen LogP contribution in [0.3, 0.4) is 0 Å². The van der Waals surface area contributed by atoms with Crippen molar-refractivity contribution in [2.24, 2.45) is 0 Å². The summed E-state index contributed by atoms with van der Waals surface area (Å²) in [5.41, 5.74) is 2.52. The molecule has 4 aromatic rings. The predicted octanol–water partition coefficient (Wildman–Crippen LogP) is 4.03. The molecule has 1 atom stereocenters. The van der Waals surface area contributed by atoms with Crippen molar-refractivity contribution >= 4 is 34.1 Å². The van der Waals surface area contributed by atoms with Crippen molar-refractivity contribution < 1.29 is 9.21 Å². The van der Waals surface area contributed by atoms with Crippen molar-refractivity contribution in [2.45, 2.75) is 46.2 Å². The molecule has 0 saturated carbocycles. The minimum Gasteiger partial charge on any atom is -0.460 e. The van der Waals surface area contributed by atoms with E-state index in [9.17, 15) is 9.59 Å². The predicted molar refractivity (Wildman–Crippen MR) is 116 cm³/mol. The fraction of sp³-hybridized carbons (Fsp3) is 0.318. The van der Waals surface area contributed by atoms with E-state index in [1.54, 1.807) is 18.2 Å². The Hall–Kier alpha value is -3.06. The summed E-state index contributed by atoms with van der Waals surface area (Å²) in [6.07, 6.45) is 1.04. The van der Waals surface area contributed by atoms with Gasteiger partial charge in [-0.1, -0.05) is 37.6 Å². The number of benzene rings is 1. The third-order valence-corrected chi connectivity index (χ3v) is 5.45. The summed E-state index contributed by atoms with van der Waals surface area (Å²) < 4.78 is 8.82. The maximum atomic E-state index is 13.2. The third kappa shape index (κ3) is 3.50. The molecule has 0 fully saturated rings. The molecule has 1 amide bonds. The Morgan fingerprint density at radius 2 is 1.93 bits per heavy atom. The van der Waals surface area contributed by atoms with E-state index in [0.717, 1.165) is 16.8 Å². The molecule has 30 heavy (non-hydrogen) atoms. The maximum Gasteiger partial charge on any atom is 0.291 e. The molecule has 156 valence electrons. The van der Waals surface area contributed by atoms with E-state index in [-0.39, 0.29) is 11.5 Å². The van der Waals surface area contributed by atoms with Gasteiger partial charge in [-0.25, -0.2) is 4.68 Å². The van der Waals surface area contributed by atoms with E-state index < -0.39 is 6.04 Å². The number of rotatable bonds is 6. The molecule has 7 nitrogen and oxygen atoms in total. The number of hydrogen-bond acceptors (Lipinski definition) is 4. The van der Waals surface area contributed by atoms with Gasteiger partial charge in [0, 0.05) is 30.1 Å². The summed E-state index contributed by atoms with van der Waals surface area (Å²) in [5, 5.41) is 8.10. The molecule has 0 unspecified atom stereocenters. The summed E-state index contributed by atoms with van der Waals surface area (Å²) >= 11 is 5.91. The Balaban J connectivity index is 1.70. The largest absolute Gasteiger partial charge is 0.460 e. The maximum absolute atomic E-state index is 13.2. The number of carbonyl (C=O) groups is 1. The molecule has 3 aromatic heterocycles. The Bertz CT molecular complexity index is 1280. The van der Waals surface area contributed by atoms with Crippen LogP contribution in [-0.2, 0) is 17.8 Å². The number of hydrogen-bond donors (Lipinski definition) is 1. The van der Waals surface area contributed by atoms with Gasteiger partial charge in [0.1, 0.15) is 23.1 Å². The van der Waals surface area contributed by atoms with Crippen molar-refractivity contribution in [1.29, 1.82) is 0 Å². The standard InChI is InChI=1S/C22H23ClN4O3/c1-4-16(21(28)24-12-14-6-8-15(23)9-7-14)27-22(29)18-11-19-17(10-13(3)30-19)26(18)20(5-2)25-27/h6-11,16H,4-5,12H2,1-3H3,(H,24,28)/t16-/m1/s1. The fourth-order valence-corrected chi connectivity index (χ4v) is 3.83. The number of aromatic nitrogens is 3. The molecule has 0 radical (unpaired) electrons. The Kier molecular flexibility index (Phi) is 5.39. The second-order valence-corrected chi connectivity index (χ2v) is 7.70. The van der Waals surface area contributed by atoms with Gasteiger partial charge < -0.3 is 9.73 Å². The zero-order valence-corrected chi connectivity index (χ0v) is 17.9. The van der Waals surface area contributed by atoms with E-state index in [0.29, 0.717) is 41.3 Å². The molecule has 1 N–H and O–H groups in total.